The van der Waals surface area contributed by atoms with E-state index in [1.165, 1.54) is 6.26 Å². The molecular formula is C10H14BrClN2O2. The van der Waals surface area contributed by atoms with Gasteiger partial charge in [-0.05, 0) is 22.9 Å². The molecule has 1 atom stereocenters. The molecule has 2 heterocycles. The predicted octanol–water partition coefficient (Wildman–Crippen LogP) is 1.90. The van der Waals surface area contributed by atoms with Crippen LogP contribution in [0.5, 0.6) is 0 Å². The minimum Gasteiger partial charge on any atom is -0.457 e. The van der Waals surface area contributed by atoms with Gasteiger partial charge in [0.1, 0.15) is 6.26 Å². The van der Waals surface area contributed by atoms with E-state index in [1.807, 2.05) is 4.90 Å². The fraction of sp³-hybridized carbons (Fsp3) is 0.500. The number of amides is 1. The summed E-state index contributed by atoms with van der Waals surface area (Å²) in [6.07, 6.45) is 1.49. The Morgan fingerprint density at radius 2 is 2.44 bits per heavy atom. The largest absolute Gasteiger partial charge is 0.457 e. The van der Waals surface area contributed by atoms with Gasteiger partial charge in [-0.1, -0.05) is 0 Å². The summed E-state index contributed by atoms with van der Waals surface area (Å²) < 4.78 is 5.65. The van der Waals surface area contributed by atoms with Crippen LogP contribution in [0.15, 0.2) is 21.4 Å². The Hall–Kier alpha value is -0.520. The number of piperazine rings is 1. The monoisotopic (exact) mass is 308 g/mol. The summed E-state index contributed by atoms with van der Waals surface area (Å²) in [6.45, 7) is 4.43. The van der Waals surface area contributed by atoms with Crippen molar-refractivity contribution in [1.82, 2.24) is 10.2 Å². The highest BCUT2D eigenvalue weighted by molar-refractivity contribution is 9.10. The minimum absolute atomic E-state index is 0. The third-order valence-corrected chi connectivity index (χ3v) is 2.89. The second-order valence-electron chi connectivity index (χ2n) is 3.75. The van der Waals surface area contributed by atoms with E-state index in [0.717, 1.165) is 19.6 Å². The molecule has 4 nitrogen and oxygen atoms in total. The lowest BCUT2D eigenvalue weighted by atomic mass is 10.2. The molecule has 1 amide bonds. The Morgan fingerprint density at radius 1 is 1.69 bits per heavy atom. The molecular weight excluding hydrogens is 295 g/mol. The lowest BCUT2D eigenvalue weighted by Crippen LogP contribution is -2.51. The smallest absolute Gasteiger partial charge is 0.257 e. The van der Waals surface area contributed by atoms with Gasteiger partial charge in [0.15, 0.2) is 4.67 Å². The van der Waals surface area contributed by atoms with E-state index in [9.17, 15) is 4.79 Å². The van der Waals surface area contributed by atoms with Gasteiger partial charge in [0.2, 0.25) is 0 Å². The highest BCUT2D eigenvalue weighted by Crippen LogP contribution is 2.16. The van der Waals surface area contributed by atoms with Crippen LogP contribution in [0.1, 0.15) is 17.3 Å². The zero-order valence-electron chi connectivity index (χ0n) is 8.90. The third-order valence-electron chi connectivity index (χ3n) is 2.47. The first-order chi connectivity index (χ1) is 7.16. The van der Waals surface area contributed by atoms with Crippen LogP contribution in [-0.4, -0.2) is 36.5 Å². The summed E-state index contributed by atoms with van der Waals surface area (Å²) in [5, 5.41) is 3.30. The van der Waals surface area contributed by atoms with Crippen LogP contribution >= 0.6 is 28.3 Å². The van der Waals surface area contributed by atoms with Crippen molar-refractivity contribution in [2.75, 3.05) is 19.6 Å². The normalized spacial score (nSPS) is 20.4. The molecule has 0 saturated carbocycles. The lowest BCUT2D eigenvalue weighted by molar-refractivity contribution is 0.0708. The van der Waals surface area contributed by atoms with Crippen LogP contribution in [0.2, 0.25) is 0 Å². The molecule has 1 N–H and O–H groups in total. The van der Waals surface area contributed by atoms with Crippen LogP contribution in [-0.2, 0) is 0 Å². The third kappa shape index (κ3) is 2.99. The van der Waals surface area contributed by atoms with E-state index in [1.54, 1.807) is 6.07 Å². The van der Waals surface area contributed by atoms with Crippen molar-refractivity contribution in [2.24, 2.45) is 0 Å². The standard InChI is InChI=1S/C10H13BrN2O2.ClH/c1-7-5-13(3-2-12-7)10(14)8-4-9(11)15-6-8;/h4,6-7,12H,2-3,5H2,1H3;1H/t7-;/m1./s1. The zero-order chi connectivity index (χ0) is 10.8. The maximum Gasteiger partial charge on any atom is 0.257 e. The predicted molar refractivity (Wildman–Crippen MR) is 67.0 cm³/mol. The first kappa shape index (κ1) is 13.5. The van der Waals surface area contributed by atoms with Crippen molar-refractivity contribution in [3.05, 3.63) is 22.6 Å². The highest BCUT2D eigenvalue weighted by atomic mass is 79.9. The van der Waals surface area contributed by atoms with Crippen molar-refractivity contribution in [3.63, 3.8) is 0 Å². The second-order valence-corrected chi connectivity index (χ2v) is 4.53. The molecule has 1 aliphatic heterocycles. The van der Waals surface area contributed by atoms with E-state index < -0.39 is 0 Å². The van der Waals surface area contributed by atoms with Gasteiger partial charge in [-0.25, -0.2) is 0 Å². The Bertz CT molecular complexity index is 369. The molecule has 0 bridgehead atoms. The van der Waals surface area contributed by atoms with E-state index in [-0.39, 0.29) is 18.3 Å². The molecule has 1 saturated heterocycles. The summed E-state index contributed by atoms with van der Waals surface area (Å²) in [4.78, 5) is 13.8. The summed E-state index contributed by atoms with van der Waals surface area (Å²) in [5.74, 6) is 0.0396. The van der Waals surface area contributed by atoms with Crippen LogP contribution in [0.25, 0.3) is 0 Å². The summed E-state index contributed by atoms with van der Waals surface area (Å²) in [7, 11) is 0. The Morgan fingerprint density at radius 3 is 3.00 bits per heavy atom. The molecule has 2 rings (SSSR count). The molecule has 6 heteroatoms. The van der Waals surface area contributed by atoms with Crippen molar-refractivity contribution < 1.29 is 9.21 Å². The molecule has 0 aromatic carbocycles. The quantitative estimate of drug-likeness (QED) is 0.862. The van der Waals surface area contributed by atoms with Gasteiger partial charge in [-0.3, -0.25) is 4.79 Å². The Labute approximate surface area is 109 Å². The van der Waals surface area contributed by atoms with Gasteiger partial charge < -0.3 is 14.6 Å². The molecule has 0 spiro atoms. The maximum atomic E-state index is 12.0. The van der Waals surface area contributed by atoms with Gasteiger partial charge >= 0.3 is 0 Å². The van der Waals surface area contributed by atoms with Crippen LogP contribution < -0.4 is 5.32 Å². The first-order valence-electron chi connectivity index (χ1n) is 4.93. The zero-order valence-corrected chi connectivity index (χ0v) is 11.3. The Balaban J connectivity index is 0.00000128. The highest BCUT2D eigenvalue weighted by Gasteiger charge is 2.22. The molecule has 0 aliphatic carbocycles. The van der Waals surface area contributed by atoms with E-state index >= 15 is 0 Å². The number of furan rings is 1. The number of carbonyl (C=O) groups excluding carboxylic acids is 1. The summed E-state index contributed by atoms with van der Waals surface area (Å²) >= 11 is 3.19. The number of rotatable bonds is 1. The molecule has 1 aromatic heterocycles. The number of hydrogen-bond donors (Lipinski definition) is 1. The number of carbonyl (C=O) groups is 1. The average Bonchev–Trinajstić information content (AvgIpc) is 2.64. The summed E-state index contributed by atoms with van der Waals surface area (Å²) in [6, 6.07) is 2.06. The van der Waals surface area contributed by atoms with Crippen molar-refractivity contribution in [1.29, 1.82) is 0 Å². The molecule has 1 fully saturated rings. The van der Waals surface area contributed by atoms with Gasteiger partial charge in [0.05, 0.1) is 5.56 Å². The fourth-order valence-corrected chi connectivity index (χ4v) is 2.06. The van der Waals surface area contributed by atoms with Gasteiger partial charge in [-0.15, -0.1) is 12.4 Å². The SMILES string of the molecule is C[C@@H]1CN(C(=O)c2coc(Br)c2)CCN1.Cl. The van der Waals surface area contributed by atoms with E-state index in [4.69, 9.17) is 4.42 Å². The molecule has 90 valence electrons. The van der Waals surface area contributed by atoms with E-state index in [0.29, 0.717) is 16.3 Å². The molecule has 1 aromatic rings. The molecule has 16 heavy (non-hydrogen) atoms. The van der Waals surface area contributed by atoms with Crippen LogP contribution in [0.3, 0.4) is 0 Å². The van der Waals surface area contributed by atoms with Crippen molar-refractivity contribution >= 4 is 34.2 Å². The number of halogens is 2. The average molecular weight is 310 g/mol. The van der Waals surface area contributed by atoms with E-state index in [2.05, 4.69) is 28.2 Å². The minimum atomic E-state index is 0. The lowest BCUT2D eigenvalue weighted by Gasteiger charge is -2.31. The molecule has 0 radical (unpaired) electrons. The van der Waals surface area contributed by atoms with Crippen molar-refractivity contribution in [2.45, 2.75) is 13.0 Å². The first-order valence-corrected chi connectivity index (χ1v) is 5.73. The summed E-state index contributed by atoms with van der Waals surface area (Å²) in [5.41, 5.74) is 0.607. The second kappa shape index (κ2) is 5.70. The van der Waals surface area contributed by atoms with Crippen molar-refractivity contribution in [3.8, 4) is 0 Å². The number of nitrogens with one attached hydrogen (secondary N) is 1. The number of nitrogens with zero attached hydrogens (tertiary/aromatic N) is 1. The van der Waals surface area contributed by atoms with Crippen LogP contribution in [0.4, 0.5) is 0 Å². The Kier molecular flexibility index (Phi) is 4.83. The maximum absolute atomic E-state index is 12.0. The molecule has 1 aliphatic rings. The topological polar surface area (TPSA) is 45.5 Å². The number of hydrogen-bond acceptors (Lipinski definition) is 3. The van der Waals surface area contributed by atoms with Gasteiger partial charge in [0, 0.05) is 31.7 Å². The van der Waals surface area contributed by atoms with Gasteiger partial charge in [0.25, 0.3) is 5.91 Å². The molecule has 0 unspecified atom stereocenters. The fourth-order valence-electron chi connectivity index (χ4n) is 1.72. The van der Waals surface area contributed by atoms with Gasteiger partial charge in [-0.2, -0.15) is 0 Å². The van der Waals surface area contributed by atoms with Crippen LogP contribution in [0, 0.1) is 0 Å².